The summed E-state index contributed by atoms with van der Waals surface area (Å²) in [5.41, 5.74) is 2.88. The molecule has 2 aliphatic carbocycles. The first-order valence-electron chi connectivity index (χ1n) is 8.34. The fraction of sp³-hybridized carbons (Fsp3) is 0.550. The fourth-order valence-electron chi connectivity index (χ4n) is 3.08. The van der Waals surface area contributed by atoms with Crippen LogP contribution in [-0.4, -0.2) is 25.8 Å². The number of ether oxygens (including phenoxy) is 2. The Labute approximate surface area is 139 Å². The van der Waals surface area contributed by atoms with Crippen molar-refractivity contribution in [2.75, 3.05) is 13.9 Å². The van der Waals surface area contributed by atoms with Gasteiger partial charge in [-0.2, -0.15) is 0 Å². The van der Waals surface area contributed by atoms with E-state index >= 15 is 0 Å². The van der Waals surface area contributed by atoms with E-state index < -0.39 is 5.41 Å². The Hall–Kier alpha value is -1.45. The Morgan fingerprint density at radius 3 is 2.78 bits per heavy atom. The maximum Gasteiger partial charge on any atom is 0.171 e. The topological polar surface area (TPSA) is 35.5 Å². The van der Waals surface area contributed by atoms with Gasteiger partial charge in [0, 0.05) is 18.1 Å². The second kappa shape index (κ2) is 7.89. The van der Waals surface area contributed by atoms with Gasteiger partial charge < -0.3 is 9.47 Å². The average Bonchev–Trinajstić information content (AvgIpc) is 2.52. The number of ketones is 1. The zero-order valence-electron chi connectivity index (χ0n) is 14.7. The minimum atomic E-state index is -0.450. The van der Waals surface area contributed by atoms with Crippen LogP contribution in [0.4, 0.5) is 0 Å². The van der Waals surface area contributed by atoms with E-state index in [4.69, 9.17) is 9.47 Å². The number of hydrogen-bond donors (Lipinski definition) is 0. The van der Waals surface area contributed by atoms with E-state index in [2.05, 4.69) is 26.0 Å². The van der Waals surface area contributed by atoms with Gasteiger partial charge in [0.15, 0.2) is 5.78 Å². The van der Waals surface area contributed by atoms with E-state index in [9.17, 15) is 4.79 Å². The molecule has 2 bridgehead atoms. The van der Waals surface area contributed by atoms with Gasteiger partial charge in [-0.25, -0.2) is 0 Å². The molecule has 0 saturated heterocycles. The largest absolute Gasteiger partial charge is 0.359 e. The molecule has 0 aliphatic heterocycles. The zero-order chi connectivity index (χ0) is 16.9. The Morgan fingerprint density at radius 2 is 2.04 bits per heavy atom. The molecule has 2 rings (SSSR count). The van der Waals surface area contributed by atoms with Crippen molar-refractivity contribution in [3.05, 3.63) is 47.1 Å². The van der Waals surface area contributed by atoms with Gasteiger partial charge in [0.1, 0.15) is 12.9 Å². The number of rotatable bonds is 3. The molecule has 0 amide bonds. The summed E-state index contributed by atoms with van der Waals surface area (Å²) in [7, 11) is 1.60. The normalized spacial score (nSPS) is 33.7. The van der Waals surface area contributed by atoms with Crippen molar-refractivity contribution in [1.82, 2.24) is 0 Å². The van der Waals surface area contributed by atoms with E-state index in [1.807, 2.05) is 25.2 Å². The highest BCUT2D eigenvalue weighted by Gasteiger charge is 2.36. The van der Waals surface area contributed by atoms with Gasteiger partial charge in [-0.1, -0.05) is 41.5 Å². The summed E-state index contributed by atoms with van der Waals surface area (Å²) in [5.74, 6) is 0.165. The first-order valence-corrected chi connectivity index (χ1v) is 8.34. The third kappa shape index (κ3) is 4.52. The maximum absolute atomic E-state index is 13.1. The number of carbonyl (C=O) groups excluding carboxylic acids is 1. The first kappa shape index (κ1) is 17.9. The maximum atomic E-state index is 13.1. The smallest absolute Gasteiger partial charge is 0.171 e. The minimum Gasteiger partial charge on any atom is -0.359 e. The van der Waals surface area contributed by atoms with Crippen LogP contribution >= 0.6 is 0 Å². The van der Waals surface area contributed by atoms with Crippen molar-refractivity contribution in [2.24, 2.45) is 5.41 Å². The molecule has 0 spiro atoms. The van der Waals surface area contributed by atoms with Crippen LogP contribution in [0.25, 0.3) is 0 Å². The van der Waals surface area contributed by atoms with Crippen molar-refractivity contribution in [3.8, 4) is 0 Å². The molecule has 23 heavy (non-hydrogen) atoms. The van der Waals surface area contributed by atoms with Gasteiger partial charge in [-0.3, -0.25) is 4.79 Å². The Balaban J connectivity index is 2.38. The van der Waals surface area contributed by atoms with Crippen LogP contribution in [0.5, 0.6) is 0 Å². The molecule has 2 atom stereocenters. The van der Waals surface area contributed by atoms with E-state index in [0.29, 0.717) is 0 Å². The van der Waals surface area contributed by atoms with Gasteiger partial charge in [-0.15, -0.1) is 0 Å². The average molecular weight is 316 g/mol. The van der Waals surface area contributed by atoms with E-state index in [1.54, 1.807) is 7.11 Å². The second-order valence-electron chi connectivity index (χ2n) is 6.82. The number of Topliss-reactive ketones (excluding diaryl/α,β-unsaturated/α-hetero) is 1. The van der Waals surface area contributed by atoms with Crippen LogP contribution in [-0.2, 0) is 14.3 Å². The van der Waals surface area contributed by atoms with E-state index in [-0.39, 0.29) is 18.7 Å². The highest BCUT2D eigenvalue weighted by molar-refractivity contribution is 6.03. The molecular formula is C20H28O3. The summed E-state index contributed by atoms with van der Waals surface area (Å²) < 4.78 is 10.8. The molecule has 2 aliphatic rings. The second-order valence-corrected chi connectivity index (χ2v) is 6.82. The van der Waals surface area contributed by atoms with Crippen LogP contribution in [0.15, 0.2) is 47.1 Å². The molecule has 0 radical (unpaired) electrons. The third-order valence-corrected chi connectivity index (χ3v) is 4.70. The third-order valence-electron chi connectivity index (χ3n) is 4.70. The molecule has 0 unspecified atom stereocenters. The fourth-order valence-corrected chi connectivity index (χ4v) is 3.08. The van der Waals surface area contributed by atoms with Crippen molar-refractivity contribution < 1.29 is 14.3 Å². The molecule has 0 saturated carbocycles. The van der Waals surface area contributed by atoms with Crippen LogP contribution in [0.2, 0.25) is 0 Å². The predicted molar refractivity (Wildman–Crippen MR) is 93.1 cm³/mol. The van der Waals surface area contributed by atoms with Crippen LogP contribution in [0, 0.1) is 5.41 Å². The van der Waals surface area contributed by atoms with Crippen LogP contribution < -0.4 is 0 Å². The lowest BCUT2D eigenvalue weighted by Crippen LogP contribution is -2.34. The van der Waals surface area contributed by atoms with Crippen molar-refractivity contribution in [3.63, 3.8) is 0 Å². The number of carbonyl (C=O) groups is 1. The van der Waals surface area contributed by atoms with Crippen molar-refractivity contribution in [2.45, 2.75) is 52.6 Å². The minimum absolute atomic E-state index is 0.165. The molecule has 3 nitrogen and oxygen atoms in total. The number of fused-ring (bicyclic) bond motifs is 2. The standard InChI is InChI=1S/C20H28O3/c1-15-7-5-8-16(2)13-18(23-14-22-4)17-9-6-11-20(3,12-10-15)19(17)21/h6-7,9,11,13,18H,5,8,10,12,14H2,1-4H3/b15-7+,16-13+/t18-,20-/m0/s1. The highest BCUT2D eigenvalue weighted by atomic mass is 16.7. The Kier molecular flexibility index (Phi) is 6.14. The molecule has 0 N–H and O–H groups in total. The van der Waals surface area contributed by atoms with Crippen LogP contribution in [0.1, 0.15) is 46.5 Å². The van der Waals surface area contributed by atoms with E-state index in [0.717, 1.165) is 31.3 Å². The van der Waals surface area contributed by atoms with Crippen molar-refractivity contribution >= 4 is 5.78 Å². The lowest BCUT2D eigenvalue weighted by Gasteiger charge is -2.31. The summed E-state index contributed by atoms with van der Waals surface area (Å²) in [4.78, 5) is 13.1. The molecular weight excluding hydrogens is 288 g/mol. The Bertz CT molecular complexity index is 565. The van der Waals surface area contributed by atoms with Gasteiger partial charge >= 0.3 is 0 Å². The summed E-state index contributed by atoms with van der Waals surface area (Å²) in [6, 6.07) is 0. The molecule has 0 fully saturated rings. The SMILES string of the molecule is COCO[C@H]1/C=C(\C)CC/C=C(\C)CC[C@]2(C)C=CC=C1C2=O. The van der Waals surface area contributed by atoms with Crippen LogP contribution in [0.3, 0.4) is 0 Å². The number of allylic oxidation sites excluding steroid dienone is 6. The summed E-state index contributed by atoms with van der Waals surface area (Å²) in [6.45, 7) is 6.47. The zero-order valence-corrected chi connectivity index (χ0v) is 14.7. The van der Waals surface area contributed by atoms with Gasteiger partial charge in [0.2, 0.25) is 0 Å². The van der Waals surface area contributed by atoms with Gasteiger partial charge in [-0.05, 0) is 46.5 Å². The lowest BCUT2D eigenvalue weighted by molar-refractivity contribution is -0.124. The summed E-state index contributed by atoms with van der Waals surface area (Å²) in [5, 5.41) is 0. The quantitative estimate of drug-likeness (QED) is 0.567. The van der Waals surface area contributed by atoms with Gasteiger partial charge in [0.25, 0.3) is 0 Å². The Morgan fingerprint density at radius 1 is 1.26 bits per heavy atom. The molecule has 0 aromatic carbocycles. The predicted octanol–water partition coefficient (Wildman–Crippen LogP) is 4.51. The van der Waals surface area contributed by atoms with E-state index in [1.165, 1.54) is 11.1 Å². The highest BCUT2D eigenvalue weighted by Crippen LogP contribution is 2.36. The number of methoxy groups -OCH3 is 1. The molecule has 126 valence electrons. The molecule has 0 heterocycles. The van der Waals surface area contributed by atoms with Crippen molar-refractivity contribution in [1.29, 1.82) is 0 Å². The molecule has 0 aromatic heterocycles. The first-order chi connectivity index (χ1) is 11.0. The lowest BCUT2D eigenvalue weighted by atomic mass is 9.73. The number of hydrogen-bond acceptors (Lipinski definition) is 3. The summed E-state index contributed by atoms with van der Waals surface area (Å²) >= 11 is 0. The molecule has 3 heteroatoms. The monoisotopic (exact) mass is 316 g/mol. The van der Waals surface area contributed by atoms with Gasteiger partial charge in [0.05, 0.1) is 0 Å². The molecule has 0 aromatic rings. The summed E-state index contributed by atoms with van der Waals surface area (Å²) in [6.07, 6.45) is 13.7.